The van der Waals surface area contributed by atoms with Gasteiger partial charge in [0.25, 0.3) is 0 Å². The molecule has 4 rings (SSSR count). The molecule has 3 heterocycles. The van der Waals surface area contributed by atoms with Crippen LogP contribution in [0.25, 0.3) is 23.3 Å². The van der Waals surface area contributed by atoms with Crippen molar-refractivity contribution in [2.24, 2.45) is 0 Å². The van der Waals surface area contributed by atoms with Crippen molar-refractivity contribution in [3.63, 3.8) is 0 Å². The van der Waals surface area contributed by atoms with Crippen LogP contribution >= 0.6 is 0 Å². The molecule has 116 valence electrons. The summed E-state index contributed by atoms with van der Waals surface area (Å²) in [5.41, 5.74) is 1.88. The highest BCUT2D eigenvalue weighted by atomic mass is 15.3. The van der Waals surface area contributed by atoms with Gasteiger partial charge in [-0.1, -0.05) is 42.5 Å². The minimum Gasteiger partial charge on any atom is -0.308 e. The fourth-order valence-corrected chi connectivity index (χ4v) is 2.49. The number of hydrogen-bond acceptors (Lipinski definition) is 4. The predicted octanol–water partition coefficient (Wildman–Crippen LogP) is 3.86. The summed E-state index contributed by atoms with van der Waals surface area (Å²) in [5, 5.41) is 5.32. The first-order valence-electron chi connectivity index (χ1n) is 7.63. The second-order valence-corrected chi connectivity index (χ2v) is 5.23. The third kappa shape index (κ3) is 2.75. The van der Waals surface area contributed by atoms with Crippen LogP contribution in [0.5, 0.6) is 0 Å². The smallest absolute Gasteiger partial charge is 0.167 e. The van der Waals surface area contributed by atoms with Crippen molar-refractivity contribution in [1.29, 1.82) is 0 Å². The van der Waals surface area contributed by atoms with Crippen LogP contribution in [0, 0.1) is 0 Å². The molecule has 24 heavy (non-hydrogen) atoms. The van der Waals surface area contributed by atoms with E-state index in [0.717, 1.165) is 22.4 Å². The largest absolute Gasteiger partial charge is 0.308 e. The third-order valence-corrected chi connectivity index (χ3v) is 3.65. The third-order valence-electron chi connectivity index (χ3n) is 3.65. The van der Waals surface area contributed by atoms with E-state index in [-0.39, 0.29) is 0 Å². The van der Waals surface area contributed by atoms with Gasteiger partial charge in [-0.05, 0) is 23.8 Å². The topological polar surface area (TPSA) is 46.8 Å². The Labute approximate surface area is 139 Å². The lowest BCUT2D eigenvalue weighted by Crippen LogP contribution is -2.08. The van der Waals surface area contributed by atoms with Crippen LogP contribution in [0.2, 0.25) is 0 Å². The van der Waals surface area contributed by atoms with E-state index >= 15 is 0 Å². The normalized spacial score (nSPS) is 13.9. The molecule has 0 saturated carbocycles. The molecule has 0 unspecified atom stereocenters. The maximum Gasteiger partial charge on any atom is 0.167 e. The number of nitrogens with zero attached hydrogens (tertiary/aromatic N) is 5. The Morgan fingerprint density at radius 1 is 0.875 bits per heavy atom. The van der Waals surface area contributed by atoms with E-state index in [0.29, 0.717) is 0 Å². The number of allylic oxidation sites excluding steroid dienone is 4. The van der Waals surface area contributed by atoms with Crippen molar-refractivity contribution in [2.45, 2.75) is 0 Å². The van der Waals surface area contributed by atoms with Crippen molar-refractivity contribution >= 4 is 29.1 Å². The molecule has 2 aromatic heterocycles. The lowest BCUT2D eigenvalue weighted by Gasteiger charge is -2.13. The summed E-state index contributed by atoms with van der Waals surface area (Å²) in [7, 11) is 0. The molecule has 0 radical (unpaired) electrons. The summed E-state index contributed by atoms with van der Waals surface area (Å²) in [6.07, 6.45) is 19.1. The molecule has 0 atom stereocenters. The SMILES string of the molecule is C1=CC=CN(c2ncnc3c2cnn3/C=C\c2ccccc2)C=C1. The lowest BCUT2D eigenvalue weighted by molar-refractivity contribution is 0.949. The Bertz CT molecular complexity index is 948. The Balaban J connectivity index is 1.73. The molecule has 0 spiro atoms. The van der Waals surface area contributed by atoms with E-state index in [1.54, 1.807) is 17.2 Å². The van der Waals surface area contributed by atoms with Crippen LogP contribution < -0.4 is 4.90 Å². The number of fused-ring (bicyclic) bond motifs is 1. The van der Waals surface area contributed by atoms with Gasteiger partial charge in [0.1, 0.15) is 6.33 Å². The number of rotatable bonds is 3. The van der Waals surface area contributed by atoms with Crippen LogP contribution in [0.3, 0.4) is 0 Å². The fourth-order valence-electron chi connectivity index (χ4n) is 2.49. The second-order valence-electron chi connectivity index (χ2n) is 5.23. The summed E-state index contributed by atoms with van der Waals surface area (Å²) in [4.78, 5) is 10.7. The molecule has 3 aromatic rings. The molecular formula is C19H15N5. The monoisotopic (exact) mass is 313 g/mol. The summed E-state index contributed by atoms with van der Waals surface area (Å²) in [6, 6.07) is 10.1. The van der Waals surface area contributed by atoms with Gasteiger partial charge in [-0.15, -0.1) is 0 Å². The Hall–Kier alpha value is -3.47. The molecule has 0 amide bonds. The average Bonchev–Trinajstić information content (AvgIpc) is 2.86. The number of benzene rings is 1. The molecule has 1 aromatic carbocycles. The van der Waals surface area contributed by atoms with Crippen LogP contribution in [0.4, 0.5) is 5.82 Å². The summed E-state index contributed by atoms with van der Waals surface area (Å²) < 4.78 is 1.76. The van der Waals surface area contributed by atoms with Gasteiger partial charge in [-0.3, -0.25) is 0 Å². The fraction of sp³-hybridized carbons (Fsp3) is 0. The van der Waals surface area contributed by atoms with Gasteiger partial charge >= 0.3 is 0 Å². The molecular weight excluding hydrogens is 298 g/mol. The van der Waals surface area contributed by atoms with Gasteiger partial charge in [-0.2, -0.15) is 5.10 Å². The van der Waals surface area contributed by atoms with Gasteiger partial charge < -0.3 is 4.90 Å². The van der Waals surface area contributed by atoms with Crippen molar-refractivity contribution < 1.29 is 0 Å². The maximum atomic E-state index is 4.43. The molecule has 0 N–H and O–H groups in total. The van der Waals surface area contributed by atoms with Crippen LogP contribution in [0.1, 0.15) is 5.56 Å². The Morgan fingerprint density at radius 3 is 2.46 bits per heavy atom. The summed E-state index contributed by atoms with van der Waals surface area (Å²) in [6.45, 7) is 0. The van der Waals surface area contributed by atoms with Crippen LogP contribution in [-0.4, -0.2) is 19.7 Å². The number of anilines is 1. The van der Waals surface area contributed by atoms with Gasteiger partial charge in [-0.25, -0.2) is 14.6 Å². The summed E-state index contributed by atoms with van der Waals surface area (Å²) in [5.74, 6) is 0.801. The van der Waals surface area contributed by atoms with E-state index in [1.165, 1.54) is 0 Å². The first-order chi connectivity index (χ1) is 11.9. The quantitative estimate of drug-likeness (QED) is 0.736. The minimum atomic E-state index is 0.770. The standard InChI is InChI=1S/C19H15N5/c1-2-7-12-23(11-6-1)18-17-14-22-24(19(17)21-15-20-18)13-10-16-8-4-3-5-9-16/h1-15H/b13-10-. The summed E-state index contributed by atoms with van der Waals surface area (Å²) >= 11 is 0. The molecule has 0 fully saturated rings. The first-order valence-corrected chi connectivity index (χ1v) is 7.63. The molecule has 0 bridgehead atoms. The zero-order valence-electron chi connectivity index (χ0n) is 12.9. The number of hydrogen-bond donors (Lipinski definition) is 0. The van der Waals surface area contributed by atoms with Gasteiger partial charge in [0, 0.05) is 18.6 Å². The zero-order valence-corrected chi connectivity index (χ0v) is 12.9. The van der Waals surface area contributed by atoms with Crippen molar-refractivity contribution in [3.8, 4) is 0 Å². The van der Waals surface area contributed by atoms with Crippen molar-refractivity contribution in [2.75, 3.05) is 4.90 Å². The lowest BCUT2D eigenvalue weighted by atomic mass is 10.2. The minimum absolute atomic E-state index is 0.770. The number of aromatic nitrogens is 4. The van der Waals surface area contributed by atoms with Gasteiger partial charge in [0.2, 0.25) is 0 Å². The molecule has 0 saturated heterocycles. The maximum absolute atomic E-state index is 4.43. The zero-order chi connectivity index (χ0) is 16.2. The van der Waals surface area contributed by atoms with E-state index in [4.69, 9.17) is 0 Å². The van der Waals surface area contributed by atoms with Crippen LogP contribution in [-0.2, 0) is 0 Å². The predicted molar refractivity (Wildman–Crippen MR) is 96.9 cm³/mol. The highest BCUT2D eigenvalue weighted by Crippen LogP contribution is 2.24. The molecule has 1 aliphatic rings. The molecule has 1 aliphatic heterocycles. The van der Waals surface area contributed by atoms with Crippen LogP contribution in [0.15, 0.2) is 79.6 Å². The van der Waals surface area contributed by atoms with E-state index in [2.05, 4.69) is 15.1 Å². The van der Waals surface area contributed by atoms with Gasteiger partial charge in [0.05, 0.1) is 11.6 Å². The van der Waals surface area contributed by atoms with E-state index in [1.807, 2.05) is 84.2 Å². The molecule has 5 nitrogen and oxygen atoms in total. The second kappa shape index (κ2) is 6.34. The van der Waals surface area contributed by atoms with Gasteiger partial charge in [0.15, 0.2) is 11.5 Å². The Morgan fingerprint density at radius 2 is 1.67 bits per heavy atom. The molecule has 5 heteroatoms. The van der Waals surface area contributed by atoms with Crippen molar-refractivity contribution in [3.05, 3.63) is 85.1 Å². The highest BCUT2D eigenvalue weighted by Gasteiger charge is 2.12. The first kappa shape index (κ1) is 14.1. The molecule has 0 aliphatic carbocycles. The van der Waals surface area contributed by atoms with E-state index < -0.39 is 0 Å². The average molecular weight is 313 g/mol. The van der Waals surface area contributed by atoms with Crippen molar-refractivity contribution in [1.82, 2.24) is 19.7 Å². The highest BCUT2D eigenvalue weighted by molar-refractivity contribution is 5.89. The van der Waals surface area contributed by atoms with E-state index in [9.17, 15) is 0 Å². The Kier molecular flexibility index (Phi) is 3.73.